The van der Waals surface area contributed by atoms with Gasteiger partial charge in [-0.25, -0.2) is 0 Å². The van der Waals surface area contributed by atoms with Crippen molar-refractivity contribution in [1.82, 2.24) is 0 Å². The van der Waals surface area contributed by atoms with Gasteiger partial charge < -0.3 is 24.5 Å². The molecule has 0 aromatic rings. The number of ether oxygens (including phenoxy) is 2. The van der Waals surface area contributed by atoms with E-state index in [4.69, 9.17) is 9.47 Å². The molecule has 0 aliphatic carbocycles. The van der Waals surface area contributed by atoms with Crippen molar-refractivity contribution in [3.8, 4) is 0 Å². The van der Waals surface area contributed by atoms with Gasteiger partial charge in [0, 0.05) is 0 Å². The molecule has 0 amide bonds. The van der Waals surface area contributed by atoms with Crippen molar-refractivity contribution in [1.29, 1.82) is 0 Å². The molecule has 32 heavy (non-hydrogen) atoms. The summed E-state index contributed by atoms with van der Waals surface area (Å²) < 4.78 is 11.1. The molecule has 0 rings (SSSR count). The maximum absolute atomic E-state index is 10.6. The Labute approximate surface area is 220 Å². The molecule has 0 aromatic heterocycles. The summed E-state index contributed by atoms with van der Waals surface area (Å²) in [4.78, 5) is 10.6. The van der Waals surface area contributed by atoms with Crippen LogP contribution in [0.25, 0.3) is 0 Å². The summed E-state index contributed by atoms with van der Waals surface area (Å²) in [6.07, 6.45) is 21.0. The van der Waals surface area contributed by atoms with Crippen LogP contribution in [0.3, 0.4) is 0 Å². The van der Waals surface area contributed by atoms with E-state index in [1.54, 1.807) is 0 Å². The van der Waals surface area contributed by atoms with E-state index in [-0.39, 0.29) is 42.3 Å². The number of aliphatic hydroxyl groups is 1. The predicted molar refractivity (Wildman–Crippen MR) is 126 cm³/mol. The maximum atomic E-state index is 10.6. The fourth-order valence-corrected chi connectivity index (χ4v) is 3.84. The molecular weight excluding hydrogens is 415 g/mol. The second-order valence-electron chi connectivity index (χ2n) is 9.02. The first-order chi connectivity index (χ1) is 15.1. The van der Waals surface area contributed by atoms with Crippen LogP contribution in [-0.4, -0.2) is 43.1 Å². The predicted octanol–water partition coefficient (Wildman–Crippen LogP) is 2.56. The number of aliphatic hydroxyl groups excluding tert-OH is 1. The number of rotatable bonds is 25. The van der Waals surface area contributed by atoms with Gasteiger partial charge in [0.15, 0.2) is 0 Å². The largest absolute Gasteiger partial charge is 1.00 e. The van der Waals surface area contributed by atoms with Crippen molar-refractivity contribution in [3.05, 3.63) is 0 Å². The molecule has 2 unspecified atom stereocenters. The van der Waals surface area contributed by atoms with Crippen LogP contribution in [0.15, 0.2) is 0 Å². The minimum Gasteiger partial charge on any atom is -0.548 e. The molecule has 0 aromatic carbocycles. The van der Waals surface area contributed by atoms with E-state index < -0.39 is 18.7 Å². The number of carboxylic acids is 1. The number of carboxylic acid groups (broad SMARTS) is 1. The van der Waals surface area contributed by atoms with Crippen molar-refractivity contribution in [2.45, 2.75) is 142 Å². The maximum Gasteiger partial charge on any atom is 1.00 e. The van der Waals surface area contributed by atoms with Gasteiger partial charge in [0.1, 0.15) is 0 Å². The number of unbranched alkanes of at least 4 members (excludes halogenated alkanes) is 14. The second-order valence-corrected chi connectivity index (χ2v) is 9.02. The van der Waals surface area contributed by atoms with Crippen molar-refractivity contribution in [2.75, 3.05) is 19.8 Å². The number of carbonyl (C=O) groups excluding carboxylic acids is 1. The molecule has 186 valence electrons. The summed E-state index contributed by atoms with van der Waals surface area (Å²) in [7, 11) is 0. The quantitative estimate of drug-likeness (QED) is 0.165. The number of hydrogen-bond donors (Lipinski definition) is 1. The third-order valence-corrected chi connectivity index (χ3v) is 5.82. The molecule has 0 saturated carbocycles. The summed E-state index contributed by atoms with van der Waals surface area (Å²) in [5.74, 6) is -1.21. The van der Waals surface area contributed by atoms with E-state index in [1.807, 2.05) is 0 Å². The van der Waals surface area contributed by atoms with Gasteiger partial charge in [0.25, 0.3) is 0 Å². The molecule has 0 radical (unpaired) electrons. The van der Waals surface area contributed by atoms with Crippen LogP contribution in [0.5, 0.6) is 0 Å². The van der Waals surface area contributed by atoms with Crippen molar-refractivity contribution in [2.24, 2.45) is 0 Å². The Hall–Kier alpha value is 0.350. The zero-order valence-electron chi connectivity index (χ0n) is 21.6. The summed E-state index contributed by atoms with van der Waals surface area (Å²) >= 11 is 0. The molecule has 0 bridgehead atoms. The molecule has 1 N–H and O–H groups in total. The van der Waals surface area contributed by atoms with Crippen molar-refractivity contribution < 1.29 is 54.0 Å². The number of aliphatic carboxylic acids is 1. The average molecular weight is 467 g/mol. The van der Waals surface area contributed by atoms with Gasteiger partial charge in [-0.2, -0.15) is 0 Å². The smallest absolute Gasteiger partial charge is 0.548 e. The van der Waals surface area contributed by atoms with Crippen LogP contribution >= 0.6 is 0 Å². The second kappa shape index (κ2) is 27.6. The Balaban J connectivity index is 0. The zero-order valence-corrected chi connectivity index (χ0v) is 23.6. The van der Waals surface area contributed by atoms with E-state index in [9.17, 15) is 15.0 Å². The van der Waals surface area contributed by atoms with E-state index in [0.29, 0.717) is 6.61 Å². The average Bonchev–Trinajstić information content (AvgIpc) is 2.75. The van der Waals surface area contributed by atoms with Crippen molar-refractivity contribution >= 4 is 5.97 Å². The van der Waals surface area contributed by atoms with Gasteiger partial charge >= 0.3 is 29.6 Å². The summed E-state index contributed by atoms with van der Waals surface area (Å²) in [5, 5.41) is 20.8. The first-order valence-electron chi connectivity index (χ1n) is 13.2. The fraction of sp³-hybridized carbons (Fsp3) is 0.962. The van der Waals surface area contributed by atoms with Gasteiger partial charge in [-0.05, 0) is 12.8 Å². The summed E-state index contributed by atoms with van der Waals surface area (Å²) in [6.45, 7) is 4.61. The van der Waals surface area contributed by atoms with E-state index >= 15 is 0 Å². The van der Waals surface area contributed by atoms with E-state index in [2.05, 4.69) is 13.8 Å². The molecular formula is C26H51NaO5. The SMILES string of the molecule is CCCCCCCCCCC(O)COC(CCCCCCCCCC)COCC(=O)[O-].[Na+]. The molecule has 0 aliphatic rings. The van der Waals surface area contributed by atoms with Gasteiger partial charge in [0.2, 0.25) is 0 Å². The molecule has 0 aliphatic heterocycles. The van der Waals surface area contributed by atoms with Gasteiger partial charge in [0.05, 0.1) is 38.0 Å². The molecule has 0 fully saturated rings. The minimum atomic E-state index is -1.21. The molecule has 0 heterocycles. The van der Waals surface area contributed by atoms with Crippen LogP contribution in [0.4, 0.5) is 0 Å². The van der Waals surface area contributed by atoms with Gasteiger partial charge in [-0.1, -0.05) is 117 Å². The molecule has 6 heteroatoms. The van der Waals surface area contributed by atoms with Crippen LogP contribution in [0, 0.1) is 0 Å². The van der Waals surface area contributed by atoms with E-state index in [1.165, 1.54) is 83.5 Å². The Bertz CT molecular complexity index is 381. The first kappa shape index (κ1) is 34.5. The number of carbonyl (C=O) groups is 1. The normalized spacial score (nSPS) is 13.0. The van der Waals surface area contributed by atoms with Crippen LogP contribution in [0.2, 0.25) is 0 Å². The third-order valence-electron chi connectivity index (χ3n) is 5.82. The Morgan fingerprint density at radius 2 is 1.16 bits per heavy atom. The Morgan fingerprint density at radius 1 is 0.719 bits per heavy atom. The zero-order chi connectivity index (χ0) is 23.0. The monoisotopic (exact) mass is 466 g/mol. The summed E-state index contributed by atoms with van der Waals surface area (Å²) in [5.41, 5.74) is 0. The number of hydrogen-bond acceptors (Lipinski definition) is 5. The topological polar surface area (TPSA) is 78.8 Å². The van der Waals surface area contributed by atoms with Crippen LogP contribution < -0.4 is 34.7 Å². The van der Waals surface area contributed by atoms with E-state index in [0.717, 1.165) is 32.1 Å². The van der Waals surface area contributed by atoms with Crippen LogP contribution in [0.1, 0.15) is 129 Å². The van der Waals surface area contributed by atoms with Gasteiger partial charge in [-0.3, -0.25) is 0 Å². The van der Waals surface area contributed by atoms with Gasteiger partial charge in [-0.15, -0.1) is 0 Å². The first-order valence-corrected chi connectivity index (χ1v) is 13.2. The molecule has 5 nitrogen and oxygen atoms in total. The molecule has 0 saturated heterocycles. The minimum absolute atomic E-state index is 0. The molecule has 2 atom stereocenters. The van der Waals surface area contributed by atoms with Crippen LogP contribution in [-0.2, 0) is 14.3 Å². The summed E-state index contributed by atoms with van der Waals surface area (Å²) in [6, 6.07) is 0. The standard InChI is InChI=1S/C26H52O5.Na/c1-3-5-7-9-11-13-15-17-19-24(27)21-31-25(22-30-23-26(28)29)20-18-16-14-12-10-8-6-4-2;/h24-25,27H,3-23H2,1-2H3,(H,28,29);/q;+1/p-1. The third kappa shape index (κ3) is 26.6. The Kier molecular flexibility index (Phi) is 29.8. The fourth-order valence-electron chi connectivity index (χ4n) is 3.84. The Morgan fingerprint density at radius 3 is 1.62 bits per heavy atom. The van der Waals surface area contributed by atoms with Crippen molar-refractivity contribution in [3.63, 3.8) is 0 Å². The molecule has 0 spiro atoms.